The van der Waals surface area contributed by atoms with Gasteiger partial charge in [-0.15, -0.1) is 0 Å². The van der Waals surface area contributed by atoms with Crippen molar-refractivity contribution >= 4 is 35.0 Å². The van der Waals surface area contributed by atoms with Gasteiger partial charge in [-0.05, 0) is 18.2 Å². The lowest BCUT2D eigenvalue weighted by Crippen LogP contribution is -2.36. The molecule has 2 aromatic rings. The van der Waals surface area contributed by atoms with Crippen LogP contribution in [-0.4, -0.2) is 17.7 Å². The van der Waals surface area contributed by atoms with Crippen LogP contribution in [0.3, 0.4) is 0 Å². The molecule has 24 heavy (non-hydrogen) atoms. The van der Waals surface area contributed by atoms with Crippen molar-refractivity contribution < 1.29 is 24.6 Å². The van der Waals surface area contributed by atoms with E-state index in [-0.39, 0.29) is 17.0 Å². The normalized spacial score (nSPS) is 9.88. The summed E-state index contributed by atoms with van der Waals surface area (Å²) in [6, 6.07) is 12.6. The summed E-state index contributed by atoms with van der Waals surface area (Å²) in [4.78, 5) is 34.0. The molecule has 6 nitrogen and oxygen atoms in total. The summed E-state index contributed by atoms with van der Waals surface area (Å²) in [5.41, 5.74) is -0.343. The number of nitrogens with one attached hydrogen (secondary N) is 1. The maximum Gasteiger partial charge on any atom is 0.195 e. The molecule has 0 atom stereocenters. The third-order valence-electron chi connectivity index (χ3n) is 3.07. The summed E-state index contributed by atoms with van der Waals surface area (Å²) in [5, 5.41) is 24.2. The van der Waals surface area contributed by atoms with E-state index in [1.807, 2.05) is 0 Å². The Bertz CT molecular complexity index is 814. The van der Waals surface area contributed by atoms with Crippen LogP contribution in [0.5, 0.6) is 0 Å². The predicted molar refractivity (Wildman–Crippen MR) is 83.0 cm³/mol. The molecule has 122 valence electrons. The number of hydrogen-bond acceptors (Lipinski definition) is 6. The van der Waals surface area contributed by atoms with Crippen LogP contribution >= 0.6 is 11.6 Å². The van der Waals surface area contributed by atoms with Crippen LogP contribution < -0.4 is 15.5 Å². The lowest BCUT2D eigenvalue weighted by Gasteiger charge is -2.13. The van der Waals surface area contributed by atoms with Gasteiger partial charge in [-0.3, -0.25) is 4.79 Å². The second kappa shape index (κ2) is 7.43. The first-order valence-corrected chi connectivity index (χ1v) is 7.06. The van der Waals surface area contributed by atoms with Crippen molar-refractivity contribution in [1.82, 2.24) is 0 Å². The minimum Gasteiger partial charge on any atom is -0.545 e. The zero-order valence-corrected chi connectivity index (χ0v) is 12.9. The topological polar surface area (TPSA) is 109 Å². The minimum atomic E-state index is -1.91. The highest BCUT2D eigenvalue weighted by atomic mass is 35.5. The van der Waals surface area contributed by atoms with E-state index in [1.54, 1.807) is 30.3 Å². The Morgan fingerprint density at radius 3 is 2.17 bits per heavy atom. The van der Waals surface area contributed by atoms with Crippen molar-refractivity contribution in [3.63, 3.8) is 0 Å². The number of hydrogen-bond donors (Lipinski definition) is 1. The highest BCUT2D eigenvalue weighted by molar-refractivity contribution is 6.31. The number of halogens is 1. The Labute approximate surface area is 142 Å². The van der Waals surface area contributed by atoms with E-state index in [2.05, 4.69) is 5.32 Å². The van der Waals surface area contributed by atoms with E-state index in [0.29, 0.717) is 16.8 Å². The monoisotopic (exact) mass is 343 g/mol. The van der Waals surface area contributed by atoms with Crippen LogP contribution in [0.2, 0.25) is 5.02 Å². The number of carboxylic acid groups (broad SMARTS) is 2. The minimum absolute atomic E-state index is 0.154. The fourth-order valence-electron chi connectivity index (χ4n) is 1.93. The third-order valence-corrected chi connectivity index (χ3v) is 3.31. The highest BCUT2D eigenvalue weighted by Gasteiger charge is 2.14. The van der Waals surface area contributed by atoms with E-state index in [9.17, 15) is 24.6 Å². The molecule has 0 saturated heterocycles. The van der Waals surface area contributed by atoms with E-state index >= 15 is 0 Å². The van der Waals surface area contributed by atoms with Gasteiger partial charge in [-0.25, -0.2) is 0 Å². The molecule has 0 amide bonds. The first kappa shape index (κ1) is 17.2. The summed E-state index contributed by atoms with van der Waals surface area (Å²) < 4.78 is 0. The molecular formula is C17H10ClNO5-2. The van der Waals surface area contributed by atoms with Crippen LogP contribution in [-0.2, 0) is 9.59 Å². The zero-order chi connectivity index (χ0) is 17.7. The smallest absolute Gasteiger partial charge is 0.195 e. The molecule has 0 unspecified atom stereocenters. The van der Waals surface area contributed by atoms with E-state index < -0.39 is 17.5 Å². The zero-order valence-electron chi connectivity index (χ0n) is 12.1. The Morgan fingerprint density at radius 2 is 1.58 bits per heavy atom. The second-order valence-electron chi connectivity index (χ2n) is 4.66. The quantitative estimate of drug-likeness (QED) is 0.351. The Balaban J connectivity index is 2.42. The van der Waals surface area contributed by atoms with Crippen LogP contribution in [0.1, 0.15) is 15.9 Å². The summed E-state index contributed by atoms with van der Waals surface area (Å²) in [5.74, 6) is -4.18. The lowest BCUT2D eigenvalue weighted by atomic mass is 10.0. The van der Waals surface area contributed by atoms with Crippen molar-refractivity contribution in [1.29, 1.82) is 0 Å². The Morgan fingerprint density at radius 1 is 0.958 bits per heavy atom. The molecule has 0 bridgehead atoms. The van der Waals surface area contributed by atoms with E-state index in [0.717, 1.165) is 0 Å². The molecule has 0 fully saturated rings. The van der Waals surface area contributed by atoms with E-state index in [4.69, 9.17) is 11.6 Å². The molecule has 1 N–H and O–H groups in total. The SMILES string of the molecule is O=C([O-])C(=CNc1ccc(Cl)cc1C(=O)c1ccccc1)C(=O)[O-]. The third kappa shape index (κ3) is 3.99. The fraction of sp³-hybridized carbons (Fsp3) is 0. The second-order valence-corrected chi connectivity index (χ2v) is 5.10. The van der Waals surface area contributed by atoms with Gasteiger partial charge in [0.05, 0.1) is 11.9 Å². The van der Waals surface area contributed by atoms with Gasteiger partial charge < -0.3 is 25.1 Å². The molecule has 0 saturated carbocycles. The van der Waals surface area contributed by atoms with Crippen molar-refractivity contribution in [2.45, 2.75) is 0 Å². The van der Waals surface area contributed by atoms with Crippen LogP contribution in [0, 0.1) is 0 Å². The molecule has 0 aliphatic carbocycles. The number of carboxylic acids is 2. The molecule has 0 aliphatic rings. The van der Waals surface area contributed by atoms with Crippen LogP contribution in [0.4, 0.5) is 5.69 Å². The number of carbonyl (C=O) groups excluding carboxylic acids is 3. The first-order valence-electron chi connectivity index (χ1n) is 6.69. The van der Waals surface area contributed by atoms with Gasteiger partial charge in [-0.1, -0.05) is 41.9 Å². The van der Waals surface area contributed by atoms with Gasteiger partial charge in [0.25, 0.3) is 0 Å². The number of anilines is 1. The van der Waals surface area contributed by atoms with Crippen molar-refractivity contribution in [2.24, 2.45) is 0 Å². The van der Waals surface area contributed by atoms with Crippen LogP contribution in [0.15, 0.2) is 60.3 Å². The molecule has 7 heteroatoms. The number of rotatable bonds is 6. The van der Waals surface area contributed by atoms with Crippen LogP contribution in [0.25, 0.3) is 0 Å². The van der Waals surface area contributed by atoms with E-state index in [1.165, 1.54) is 18.2 Å². The highest BCUT2D eigenvalue weighted by Crippen LogP contribution is 2.24. The maximum absolute atomic E-state index is 12.6. The molecule has 2 rings (SSSR count). The van der Waals surface area contributed by atoms with Gasteiger partial charge in [0.2, 0.25) is 0 Å². The predicted octanol–water partition coefficient (Wildman–Crippen LogP) is 0.367. The summed E-state index contributed by atoms with van der Waals surface area (Å²) in [7, 11) is 0. The fourth-order valence-corrected chi connectivity index (χ4v) is 2.10. The molecular weight excluding hydrogens is 334 g/mol. The molecule has 0 heterocycles. The average molecular weight is 344 g/mol. The number of benzene rings is 2. The maximum atomic E-state index is 12.6. The average Bonchev–Trinajstić information content (AvgIpc) is 2.55. The summed E-state index contributed by atoms with van der Waals surface area (Å²) in [6.07, 6.45) is 0.690. The molecule has 0 aliphatic heterocycles. The largest absolute Gasteiger partial charge is 0.545 e. The standard InChI is InChI=1S/C17H12ClNO5/c18-11-6-7-14(19-9-13(16(21)22)17(23)24)12(8-11)15(20)10-4-2-1-3-5-10/h1-9,19H,(H,21,22)(H,23,24)/p-2. The van der Waals surface area contributed by atoms with Gasteiger partial charge in [0.15, 0.2) is 5.78 Å². The molecule has 0 radical (unpaired) electrons. The molecule has 0 aromatic heterocycles. The van der Waals surface area contributed by atoms with Gasteiger partial charge in [0.1, 0.15) is 0 Å². The number of ketones is 1. The first-order chi connectivity index (χ1) is 11.4. The molecule has 2 aromatic carbocycles. The van der Waals surface area contributed by atoms with Crippen molar-refractivity contribution in [3.05, 3.63) is 76.5 Å². The molecule has 0 spiro atoms. The Kier molecular flexibility index (Phi) is 5.34. The summed E-state index contributed by atoms with van der Waals surface area (Å²) >= 11 is 5.91. The lowest BCUT2D eigenvalue weighted by molar-refractivity contribution is -0.312. The number of aliphatic carboxylic acids is 2. The van der Waals surface area contributed by atoms with Gasteiger partial charge >= 0.3 is 0 Å². The Hall–Kier alpha value is -3.12. The van der Waals surface area contributed by atoms with Crippen molar-refractivity contribution in [3.8, 4) is 0 Å². The van der Waals surface area contributed by atoms with Gasteiger partial charge in [-0.2, -0.15) is 0 Å². The number of carbonyl (C=O) groups is 3. The summed E-state index contributed by atoms with van der Waals surface area (Å²) in [6.45, 7) is 0. The van der Waals surface area contributed by atoms with Gasteiger partial charge in [0, 0.05) is 33.6 Å². The van der Waals surface area contributed by atoms with Crippen molar-refractivity contribution in [2.75, 3.05) is 5.32 Å².